The quantitative estimate of drug-likeness (QED) is 0.686. The average molecular weight is 295 g/mol. The first-order chi connectivity index (χ1) is 9.47. The molecule has 0 bridgehead atoms. The van der Waals surface area contributed by atoms with Gasteiger partial charge in [-0.25, -0.2) is 9.78 Å². The molecule has 0 spiro atoms. The van der Waals surface area contributed by atoms with Crippen LogP contribution in [0, 0.1) is 10.1 Å². The van der Waals surface area contributed by atoms with E-state index in [9.17, 15) is 14.9 Å². The Bertz CT molecular complexity index is 672. The lowest BCUT2D eigenvalue weighted by molar-refractivity contribution is -0.385. The number of hydrogen-bond donors (Lipinski definition) is 1. The highest BCUT2D eigenvalue weighted by Crippen LogP contribution is 2.28. The van der Waals surface area contributed by atoms with E-state index < -0.39 is 10.9 Å². The van der Waals surface area contributed by atoms with Gasteiger partial charge in [0.15, 0.2) is 0 Å². The number of hydrogen-bond acceptors (Lipinski definition) is 5. The monoisotopic (exact) mass is 294 g/mol. The lowest BCUT2D eigenvalue weighted by Gasteiger charge is -2.07. The molecule has 0 radical (unpaired) electrons. The summed E-state index contributed by atoms with van der Waals surface area (Å²) in [6, 6.07) is 6.51. The average Bonchev–Trinajstić information content (AvgIpc) is 2.39. The summed E-state index contributed by atoms with van der Waals surface area (Å²) < 4.78 is 5.29. The molecule has 1 aromatic heterocycles. The molecule has 0 aliphatic heterocycles. The number of carbonyl (C=O) groups is 1. The summed E-state index contributed by atoms with van der Waals surface area (Å²) in [5, 5.41) is 19.8. The molecule has 8 heteroatoms. The topological polar surface area (TPSA) is 103 Å². The SMILES string of the molecule is O=C(O)c1ccc(Cl)cc1Oc1ccc([N+](=O)[O-])cn1. The maximum atomic E-state index is 11.0. The normalized spacial score (nSPS) is 10.1. The van der Waals surface area contributed by atoms with Crippen LogP contribution in [0.5, 0.6) is 11.6 Å². The van der Waals surface area contributed by atoms with E-state index >= 15 is 0 Å². The van der Waals surface area contributed by atoms with Gasteiger partial charge >= 0.3 is 5.97 Å². The minimum atomic E-state index is -1.18. The van der Waals surface area contributed by atoms with Crippen LogP contribution in [0.4, 0.5) is 5.69 Å². The van der Waals surface area contributed by atoms with Crippen molar-refractivity contribution in [3.63, 3.8) is 0 Å². The number of nitrogens with zero attached hydrogens (tertiary/aromatic N) is 2. The number of halogens is 1. The van der Waals surface area contributed by atoms with E-state index in [1.54, 1.807) is 0 Å². The number of aromatic carboxylic acids is 1. The number of rotatable bonds is 4. The van der Waals surface area contributed by atoms with Crippen LogP contribution in [0.3, 0.4) is 0 Å². The minimum absolute atomic E-state index is 0.00588. The summed E-state index contributed by atoms with van der Waals surface area (Å²) in [5.74, 6) is -1.15. The van der Waals surface area contributed by atoms with Gasteiger partial charge in [-0.1, -0.05) is 11.6 Å². The molecule has 0 fully saturated rings. The summed E-state index contributed by atoms with van der Waals surface area (Å²) in [4.78, 5) is 24.6. The first-order valence-electron chi connectivity index (χ1n) is 5.28. The highest BCUT2D eigenvalue weighted by atomic mass is 35.5. The van der Waals surface area contributed by atoms with E-state index in [2.05, 4.69) is 4.98 Å². The van der Waals surface area contributed by atoms with Crippen molar-refractivity contribution in [2.24, 2.45) is 0 Å². The number of nitro groups is 1. The third-order valence-corrected chi connectivity index (χ3v) is 2.56. The molecular formula is C12H7ClN2O5. The van der Waals surface area contributed by atoms with Crippen molar-refractivity contribution < 1.29 is 19.6 Å². The second-order valence-electron chi connectivity index (χ2n) is 3.66. The zero-order chi connectivity index (χ0) is 14.7. The maximum absolute atomic E-state index is 11.0. The third-order valence-electron chi connectivity index (χ3n) is 2.32. The summed E-state index contributed by atoms with van der Waals surface area (Å²) in [6.07, 6.45) is 1.01. The van der Waals surface area contributed by atoms with E-state index in [1.165, 1.54) is 30.3 Å². The first kappa shape index (κ1) is 13.8. The van der Waals surface area contributed by atoms with Crippen molar-refractivity contribution in [3.05, 3.63) is 57.2 Å². The van der Waals surface area contributed by atoms with E-state index in [-0.39, 0.29) is 22.9 Å². The van der Waals surface area contributed by atoms with E-state index in [1.807, 2.05) is 0 Å². The minimum Gasteiger partial charge on any atom is -0.478 e. The second kappa shape index (κ2) is 5.54. The van der Waals surface area contributed by atoms with Gasteiger partial charge in [0, 0.05) is 23.2 Å². The molecule has 102 valence electrons. The van der Waals surface area contributed by atoms with Gasteiger partial charge in [-0.05, 0) is 12.1 Å². The fraction of sp³-hybridized carbons (Fsp3) is 0. The molecule has 20 heavy (non-hydrogen) atoms. The van der Waals surface area contributed by atoms with Crippen molar-refractivity contribution in [3.8, 4) is 11.6 Å². The van der Waals surface area contributed by atoms with Crippen molar-refractivity contribution in [2.75, 3.05) is 0 Å². The van der Waals surface area contributed by atoms with Crippen molar-refractivity contribution >= 4 is 23.3 Å². The molecule has 7 nitrogen and oxygen atoms in total. The summed E-state index contributed by atoms with van der Waals surface area (Å²) in [7, 11) is 0. The number of pyridine rings is 1. The Hall–Kier alpha value is -2.67. The number of aromatic nitrogens is 1. The smallest absolute Gasteiger partial charge is 0.339 e. The molecular weight excluding hydrogens is 288 g/mol. The van der Waals surface area contributed by atoms with E-state index in [4.69, 9.17) is 21.4 Å². The lowest BCUT2D eigenvalue weighted by Crippen LogP contribution is -2.00. The van der Waals surface area contributed by atoms with E-state index in [0.717, 1.165) is 6.20 Å². The summed E-state index contributed by atoms with van der Waals surface area (Å²) in [6.45, 7) is 0. The van der Waals surface area contributed by atoms with Gasteiger partial charge in [-0.2, -0.15) is 0 Å². The predicted molar refractivity (Wildman–Crippen MR) is 69.4 cm³/mol. The summed E-state index contributed by atoms with van der Waals surface area (Å²) in [5.41, 5.74) is -0.281. The van der Waals surface area contributed by atoms with Crippen molar-refractivity contribution in [1.29, 1.82) is 0 Å². The second-order valence-corrected chi connectivity index (χ2v) is 4.10. The zero-order valence-electron chi connectivity index (χ0n) is 9.82. The molecule has 1 N–H and O–H groups in total. The molecule has 0 saturated heterocycles. The van der Waals surface area contributed by atoms with Crippen LogP contribution in [0.1, 0.15) is 10.4 Å². The van der Waals surface area contributed by atoms with Gasteiger partial charge in [-0.15, -0.1) is 0 Å². The van der Waals surface area contributed by atoms with Gasteiger partial charge in [0.05, 0.1) is 4.92 Å². The molecule has 0 unspecified atom stereocenters. The molecule has 0 atom stereocenters. The Labute approximate surface area is 117 Å². The van der Waals surface area contributed by atoms with Crippen LogP contribution in [0.25, 0.3) is 0 Å². The number of carboxylic acid groups (broad SMARTS) is 1. The Balaban J connectivity index is 2.31. The Kier molecular flexibility index (Phi) is 3.81. The van der Waals surface area contributed by atoms with Crippen LogP contribution < -0.4 is 4.74 Å². The zero-order valence-corrected chi connectivity index (χ0v) is 10.6. The predicted octanol–water partition coefficient (Wildman–Crippen LogP) is 3.13. The highest BCUT2D eigenvalue weighted by Gasteiger charge is 2.14. The molecule has 1 aromatic carbocycles. The van der Waals surface area contributed by atoms with Gasteiger partial charge in [0.1, 0.15) is 17.5 Å². The molecule has 2 rings (SSSR count). The molecule has 0 aliphatic carbocycles. The molecule has 0 amide bonds. The third kappa shape index (κ3) is 3.01. The number of benzene rings is 1. The van der Waals surface area contributed by atoms with Gasteiger partial charge < -0.3 is 9.84 Å². The van der Waals surface area contributed by atoms with Crippen LogP contribution in [-0.4, -0.2) is 21.0 Å². The van der Waals surface area contributed by atoms with Crippen LogP contribution in [0.15, 0.2) is 36.5 Å². The van der Waals surface area contributed by atoms with Crippen LogP contribution in [0.2, 0.25) is 5.02 Å². The lowest BCUT2D eigenvalue weighted by atomic mass is 10.2. The van der Waals surface area contributed by atoms with Gasteiger partial charge in [-0.3, -0.25) is 10.1 Å². The molecule has 0 aliphatic rings. The Morgan fingerprint density at radius 2 is 2.10 bits per heavy atom. The Morgan fingerprint density at radius 3 is 2.65 bits per heavy atom. The number of carboxylic acids is 1. The van der Waals surface area contributed by atoms with Gasteiger partial charge in [0.25, 0.3) is 5.69 Å². The molecule has 2 aromatic rings. The molecule has 1 heterocycles. The standard InChI is InChI=1S/C12H7ClN2O5/c13-7-1-3-9(12(16)17)10(5-7)20-11-4-2-8(6-14-11)15(18)19/h1-6H,(H,16,17). The largest absolute Gasteiger partial charge is 0.478 e. The Morgan fingerprint density at radius 1 is 1.35 bits per heavy atom. The van der Waals surface area contributed by atoms with E-state index in [0.29, 0.717) is 5.02 Å². The van der Waals surface area contributed by atoms with Gasteiger partial charge in [0.2, 0.25) is 5.88 Å². The fourth-order valence-electron chi connectivity index (χ4n) is 1.41. The highest BCUT2D eigenvalue weighted by molar-refractivity contribution is 6.30. The van der Waals surface area contributed by atoms with Crippen molar-refractivity contribution in [1.82, 2.24) is 4.98 Å². The molecule has 0 saturated carbocycles. The maximum Gasteiger partial charge on any atom is 0.339 e. The number of ether oxygens (including phenoxy) is 1. The first-order valence-corrected chi connectivity index (χ1v) is 5.66. The fourth-order valence-corrected chi connectivity index (χ4v) is 1.57. The van der Waals surface area contributed by atoms with Crippen molar-refractivity contribution in [2.45, 2.75) is 0 Å². The van der Waals surface area contributed by atoms with Crippen LogP contribution >= 0.6 is 11.6 Å². The van der Waals surface area contributed by atoms with Crippen LogP contribution in [-0.2, 0) is 0 Å². The summed E-state index contributed by atoms with van der Waals surface area (Å²) >= 11 is 5.77.